The second-order valence-corrected chi connectivity index (χ2v) is 12.0. The Morgan fingerprint density at radius 3 is 1.78 bits per heavy atom. The zero-order valence-electron chi connectivity index (χ0n) is 14.6. The van der Waals surface area contributed by atoms with Crippen molar-refractivity contribution in [3.63, 3.8) is 0 Å². The van der Waals surface area contributed by atoms with E-state index in [0.29, 0.717) is 13.0 Å². The van der Waals surface area contributed by atoms with Gasteiger partial charge in [0.1, 0.15) is 0 Å². The lowest BCUT2D eigenvalue weighted by atomic mass is 10.0. The monoisotopic (exact) mass is 520 g/mol. The van der Waals surface area contributed by atoms with Crippen molar-refractivity contribution in [1.82, 2.24) is 0 Å². The fourth-order valence-corrected chi connectivity index (χ4v) is 8.61. The zero-order chi connectivity index (χ0) is 19.5. The SMILES string of the molecule is O=S(=O)(c1ccccc1)C(C[C@@H]1CO[C@H](CI)C1)S(=O)(=O)c1ccccc1. The molecule has 0 aliphatic carbocycles. The molecule has 0 amide bonds. The molecule has 27 heavy (non-hydrogen) atoms. The highest BCUT2D eigenvalue weighted by Gasteiger charge is 2.42. The van der Waals surface area contributed by atoms with Crippen LogP contribution in [-0.4, -0.2) is 38.6 Å². The standard InChI is InChI=1S/C19H21IO5S2/c20-13-16-11-15(14-25-16)12-19(26(21,22)17-7-3-1-4-8-17)27(23,24)18-9-5-2-6-10-18/h1-10,15-16,19H,11-14H2/t15-,16+/m1/s1. The second kappa shape index (κ2) is 8.59. The van der Waals surface area contributed by atoms with Crippen LogP contribution in [0.15, 0.2) is 70.5 Å². The van der Waals surface area contributed by atoms with Gasteiger partial charge in [-0.15, -0.1) is 0 Å². The first-order valence-corrected chi connectivity index (χ1v) is 13.2. The molecule has 0 radical (unpaired) electrons. The molecule has 2 aromatic rings. The zero-order valence-corrected chi connectivity index (χ0v) is 18.4. The van der Waals surface area contributed by atoms with Crippen LogP contribution in [0, 0.1) is 5.92 Å². The Labute approximate surface area is 174 Å². The summed E-state index contributed by atoms with van der Waals surface area (Å²) in [5, 5.41) is 0. The van der Waals surface area contributed by atoms with Gasteiger partial charge in [0.25, 0.3) is 0 Å². The summed E-state index contributed by atoms with van der Waals surface area (Å²) in [4.78, 5) is 0.0534. The highest BCUT2D eigenvalue weighted by molar-refractivity contribution is 14.1. The van der Waals surface area contributed by atoms with E-state index < -0.39 is 24.3 Å². The van der Waals surface area contributed by atoms with E-state index in [0.717, 1.165) is 4.43 Å². The number of halogens is 1. The molecule has 0 saturated carbocycles. The van der Waals surface area contributed by atoms with Crippen LogP contribution < -0.4 is 0 Å². The van der Waals surface area contributed by atoms with E-state index >= 15 is 0 Å². The van der Waals surface area contributed by atoms with E-state index in [1.54, 1.807) is 36.4 Å². The Balaban J connectivity index is 2.02. The minimum Gasteiger partial charge on any atom is -0.377 e. The predicted molar refractivity (Wildman–Crippen MR) is 112 cm³/mol. The number of sulfone groups is 2. The maximum absolute atomic E-state index is 13.3. The van der Waals surface area contributed by atoms with Crippen LogP contribution in [-0.2, 0) is 24.4 Å². The topological polar surface area (TPSA) is 77.5 Å². The van der Waals surface area contributed by atoms with E-state index in [-0.39, 0.29) is 28.2 Å². The van der Waals surface area contributed by atoms with Gasteiger partial charge in [0, 0.05) is 11.0 Å². The molecule has 0 bridgehead atoms. The fraction of sp³-hybridized carbons (Fsp3) is 0.368. The highest BCUT2D eigenvalue weighted by atomic mass is 127. The maximum Gasteiger partial charge on any atom is 0.195 e. The van der Waals surface area contributed by atoms with E-state index in [1.807, 2.05) is 0 Å². The minimum atomic E-state index is -4.06. The summed E-state index contributed by atoms with van der Waals surface area (Å²) in [5.41, 5.74) is 0. The molecule has 0 spiro atoms. The van der Waals surface area contributed by atoms with Crippen molar-refractivity contribution in [2.75, 3.05) is 11.0 Å². The molecule has 146 valence electrons. The van der Waals surface area contributed by atoms with Crippen molar-refractivity contribution in [1.29, 1.82) is 0 Å². The first-order chi connectivity index (χ1) is 12.9. The molecule has 0 N–H and O–H groups in total. The quantitative estimate of drug-likeness (QED) is 0.413. The molecule has 1 aliphatic rings. The molecule has 1 saturated heterocycles. The van der Waals surface area contributed by atoms with E-state index in [4.69, 9.17) is 4.74 Å². The summed E-state index contributed by atoms with van der Waals surface area (Å²) in [6.45, 7) is 0.388. The van der Waals surface area contributed by atoms with Crippen LogP contribution in [0.4, 0.5) is 0 Å². The number of hydrogen-bond acceptors (Lipinski definition) is 5. The van der Waals surface area contributed by atoms with Crippen LogP contribution in [0.3, 0.4) is 0 Å². The lowest BCUT2D eigenvalue weighted by molar-refractivity contribution is 0.125. The van der Waals surface area contributed by atoms with Gasteiger partial charge in [-0.2, -0.15) is 0 Å². The maximum atomic E-state index is 13.3. The van der Waals surface area contributed by atoms with Gasteiger partial charge < -0.3 is 4.74 Å². The van der Waals surface area contributed by atoms with E-state index in [2.05, 4.69) is 22.6 Å². The normalized spacial score (nSPS) is 20.8. The van der Waals surface area contributed by atoms with Gasteiger partial charge in [-0.25, -0.2) is 16.8 Å². The van der Waals surface area contributed by atoms with Gasteiger partial charge in [0.05, 0.1) is 15.9 Å². The van der Waals surface area contributed by atoms with Gasteiger partial charge in [0.15, 0.2) is 24.3 Å². The average molecular weight is 520 g/mol. The van der Waals surface area contributed by atoms with Crippen LogP contribution in [0.5, 0.6) is 0 Å². The van der Waals surface area contributed by atoms with Crippen molar-refractivity contribution < 1.29 is 21.6 Å². The molecule has 2 aromatic carbocycles. The summed E-state index contributed by atoms with van der Waals surface area (Å²) >= 11 is 2.22. The second-order valence-electron chi connectivity index (χ2n) is 6.59. The molecule has 1 fully saturated rings. The first kappa shape index (κ1) is 20.8. The number of benzene rings is 2. The smallest absolute Gasteiger partial charge is 0.195 e. The molecule has 0 unspecified atom stereocenters. The van der Waals surface area contributed by atoms with Crippen molar-refractivity contribution in [2.24, 2.45) is 5.92 Å². The molecular weight excluding hydrogens is 499 g/mol. The van der Waals surface area contributed by atoms with Crippen LogP contribution in [0.2, 0.25) is 0 Å². The summed E-state index contributed by atoms with van der Waals surface area (Å²) in [6, 6.07) is 15.6. The number of alkyl halides is 1. The van der Waals surface area contributed by atoms with Gasteiger partial charge >= 0.3 is 0 Å². The number of rotatable bonds is 7. The van der Waals surface area contributed by atoms with E-state index in [1.165, 1.54) is 24.3 Å². The van der Waals surface area contributed by atoms with Crippen molar-refractivity contribution >= 4 is 42.3 Å². The minimum absolute atomic E-state index is 0.0267. The number of hydrogen-bond donors (Lipinski definition) is 0. The third-order valence-electron chi connectivity index (χ3n) is 4.70. The van der Waals surface area contributed by atoms with Crippen LogP contribution in [0.1, 0.15) is 12.8 Å². The molecule has 1 aliphatic heterocycles. The van der Waals surface area contributed by atoms with Crippen molar-refractivity contribution in [3.8, 4) is 0 Å². The molecule has 0 aromatic heterocycles. The van der Waals surface area contributed by atoms with Gasteiger partial charge in [-0.1, -0.05) is 59.0 Å². The van der Waals surface area contributed by atoms with Crippen molar-refractivity contribution in [2.45, 2.75) is 33.3 Å². The average Bonchev–Trinajstić information content (AvgIpc) is 3.15. The summed E-state index contributed by atoms with van der Waals surface area (Å²) < 4.78 is 58.0. The largest absolute Gasteiger partial charge is 0.377 e. The third kappa shape index (κ3) is 4.55. The predicted octanol–water partition coefficient (Wildman–Crippen LogP) is 3.49. The Bertz CT molecular complexity index is 890. The third-order valence-corrected chi connectivity index (χ3v) is 10.8. The van der Waals surface area contributed by atoms with Crippen LogP contribution >= 0.6 is 22.6 Å². The molecule has 8 heteroatoms. The lowest BCUT2D eigenvalue weighted by Crippen LogP contribution is -2.33. The van der Waals surface area contributed by atoms with Crippen molar-refractivity contribution in [3.05, 3.63) is 60.7 Å². The Morgan fingerprint density at radius 2 is 1.37 bits per heavy atom. The van der Waals surface area contributed by atoms with E-state index in [9.17, 15) is 16.8 Å². The fourth-order valence-electron chi connectivity index (χ4n) is 3.27. The Morgan fingerprint density at radius 1 is 0.889 bits per heavy atom. The molecule has 2 atom stereocenters. The van der Waals surface area contributed by atoms with Gasteiger partial charge in [0.2, 0.25) is 0 Å². The highest BCUT2D eigenvalue weighted by Crippen LogP contribution is 2.34. The van der Waals surface area contributed by atoms with Crippen LogP contribution in [0.25, 0.3) is 0 Å². The molecule has 1 heterocycles. The lowest BCUT2D eigenvalue weighted by Gasteiger charge is -2.21. The number of ether oxygens (including phenoxy) is 1. The molecular formula is C19H21IO5S2. The van der Waals surface area contributed by atoms with Gasteiger partial charge in [-0.3, -0.25) is 0 Å². The Kier molecular flexibility index (Phi) is 6.60. The molecule has 5 nitrogen and oxygen atoms in total. The molecule has 3 rings (SSSR count). The summed E-state index contributed by atoms with van der Waals surface area (Å²) in [6.07, 6.45) is 0.755. The summed E-state index contributed by atoms with van der Waals surface area (Å²) in [7, 11) is -8.13. The summed E-state index contributed by atoms with van der Waals surface area (Å²) in [5.74, 6) is -0.105. The van der Waals surface area contributed by atoms with Gasteiger partial charge in [-0.05, 0) is 43.0 Å². The Hall–Kier alpha value is -0.970. The first-order valence-electron chi connectivity index (χ1n) is 8.61.